The van der Waals surface area contributed by atoms with Crippen LogP contribution in [0.4, 0.5) is 0 Å². The molecule has 0 spiro atoms. The Morgan fingerprint density at radius 2 is 1.88 bits per heavy atom. The number of H-pyrrole nitrogens is 1. The van der Waals surface area contributed by atoms with Crippen LogP contribution in [-0.4, -0.2) is 30.3 Å². The molecule has 0 aliphatic carbocycles. The fourth-order valence-corrected chi connectivity index (χ4v) is 3.56. The lowest BCUT2D eigenvalue weighted by atomic mass is 10.1. The molecule has 2 aromatic carbocycles. The summed E-state index contributed by atoms with van der Waals surface area (Å²) in [5, 5.41) is 23.9. The first-order valence-corrected chi connectivity index (χ1v) is 10.6. The molecule has 0 bridgehead atoms. The number of ether oxygens (including phenoxy) is 1. The number of nitrogens with one attached hydrogen (secondary N) is 1. The minimum atomic E-state index is -0.475. The lowest BCUT2D eigenvalue weighted by Crippen LogP contribution is -2.23. The Morgan fingerprint density at radius 3 is 2.56 bits per heavy atom. The molecule has 0 saturated carbocycles. The zero-order chi connectivity index (χ0) is 22.3. The topological polar surface area (TPSA) is 106 Å². The number of aromatic hydroxyl groups is 1. The Morgan fingerprint density at radius 1 is 1.09 bits per heavy atom. The minimum Gasteiger partial charge on any atom is -0.508 e. The summed E-state index contributed by atoms with van der Waals surface area (Å²) in [4.78, 5) is 12.5. The van der Waals surface area contributed by atoms with Crippen LogP contribution in [0.1, 0.15) is 48.5 Å². The molecule has 4 aromatic rings. The van der Waals surface area contributed by atoms with Crippen molar-refractivity contribution in [2.24, 2.45) is 0 Å². The number of benzene rings is 2. The van der Waals surface area contributed by atoms with E-state index in [1.54, 1.807) is 10.6 Å². The van der Waals surface area contributed by atoms with Gasteiger partial charge in [0.05, 0.1) is 6.54 Å². The van der Waals surface area contributed by atoms with E-state index in [1.807, 2.05) is 54.6 Å². The van der Waals surface area contributed by atoms with E-state index in [4.69, 9.17) is 4.74 Å². The third-order valence-electron chi connectivity index (χ3n) is 5.22. The lowest BCUT2D eigenvalue weighted by Gasteiger charge is -2.17. The van der Waals surface area contributed by atoms with Crippen molar-refractivity contribution in [3.8, 4) is 11.5 Å². The van der Waals surface area contributed by atoms with Gasteiger partial charge in [-0.1, -0.05) is 55.8 Å². The molecule has 2 aromatic heterocycles. The van der Waals surface area contributed by atoms with Gasteiger partial charge in [-0.25, -0.2) is 5.10 Å². The van der Waals surface area contributed by atoms with Gasteiger partial charge in [-0.15, -0.1) is 5.10 Å². The van der Waals surface area contributed by atoms with Crippen LogP contribution < -0.4 is 10.3 Å². The third-order valence-corrected chi connectivity index (χ3v) is 5.22. The molecule has 8 nitrogen and oxygen atoms in total. The fraction of sp³-hybridized carbons (Fsp3) is 0.250. The van der Waals surface area contributed by atoms with E-state index in [1.165, 1.54) is 6.07 Å². The highest BCUT2D eigenvalue weighted by molar-refractivity contribution is 5.31. The van der Waals surface area contributed by atoms with Crippen LogP contribution in [-0.2, 0) is 13.0 Å². The van der Waals surface area contributed by atoms with E-state index in [0.29, 0.717) is 18.1 Å². The van der Waals surface area contributed by atoms with E-state index < -0.39 is 6.10 Å². The molecule has 0 saturated heterocycles. The first-order valence-electron chi connectivity index (χ1n) is 10.6. The zero-order valence-electron chi connectivity index (χ0n) is 17.8. The van der Waals surface area contributed by atoms with Gasteiger partial charge in [-0.3, -0.25) is 4.79 Å². The Labute approximate surface area is 185 Å². The van der Waals surface area contributed by atoms with Crippen LogP contribution in [0.5, 0.6) is 11.5 Å². The van der Waals surface area contributed by atoms with E-state index in [-0.39, 0.29) is 11.3 Å². The zero-order valence-corrected chi connectivity index (χ0v) is 17.8. The largest absolute Gasteiger partial charge is 0.508 e. The molecular weight excluding hydrogens is 406 g/mol. The van der Waals surface area contributed by atoms with Crippen molar-refractivity contribution in [1.82, 2.24) is 25.2 Å². The molecule has 32 heavy (non-hydrogen) atoms. The summed E-state index contributed by atoms with van der Waals surface area (Å²) in [6.07, 6.45) is 2.23. The van der Waals surface area contributed by atoms with Crippen molar-refractivity contribution >= 4 is 0 Å². The second-order valence-corrected chi connectivity index (χ2v) is 7.57. The first-order chi connectivity index (χ1) is 15.6. The van der Waals surface area contributed by atoms with Crippen molar-refractivity contribution in [3.63, 3.8) is 0 Å². The van der Waals surface area contributed by atoms with Crippen LogP contribution in [0.2, 0.25) is 0 Å². The van der Waals surface area contributed by atoms with E-state index in [9.17, 15) is 9.90 Å². The molecule has 0 radical (unpaired) electrons. The van der Waals surface area contributed by atoms with Gasteiger partial charge >= 0.3 is 0 Å². The number of aryl methyl sites for hydroxylation is 1. The Hall–Kier alpha value is -3.94. The van der Waals surface area contributed by atoms with Crippen LogP contribution in [0.15, 0.2) is 71.5 Å². The van der Waals surface area contributed by atoms with E-state index in [0.717, 1.165) is 36.1 Å². The lowest BCUT2D eigenvalue weighted by molar-refractivity contribution is 0.237. The summed E-state index contributed by atoms with van der Waals surface area (Å²) < 4.78 is 7.90. The van der Waals surface area contributed by atoms with Crippen molar-refractivity contribution in [1.29, 1.82) is 0 Å². The van der Waals surface area contributed by atoms with Gasteiger partial charge in [0.25, 0.3) is 5.56 Å². The summed E-state index contributed by atoms with van der Waals surface area (Å²) in [7, 11) is 0. The number of nitrogens with zero attached hydrogens (tertiary/aromatic N) is 4. The van der Waals surface area contributed by atoms with Crippen molar-refractivity contribution < 1.29 is 9.84 Å². The summed E-state index contributed by atoms with van der Waals surface area (Å²) in [5.74, 6) is 1.18. The summed E-state index contributed by atoms with van der Waals surface area (Å²) >= 11 is 0. The maximum absolute atomic E-state index is 12.5. The van der Waals surface area contributed by atoms with Crippen molar-refractivity contribution in [3.05, 3.63) is 99.7 Å². The summed E-state index contributed by atoms with van der Waals surface area (Å²) in [5.41, 5.74) is 2.50. The Kier molecular flexibility index (Phi) is 6.60. The van der Waals surface area contributed by atoms with Crippen molar-refractivity contribution in [2.75, 3.05) is 0 Å². The van der Waals surface area contributed by atoms with Crippen molar-refractivity contribution in [2.45, 2.75) is 38.8 Å². The monoisotopic (exact) mass is 431 g/mol. The van der Waals surface area contributed by atoms with Crippen LogP contribution >= 0.6 is 0 Å². The Balaban J connectivity index is 1.54. The highest BCUT2D eigenvalue weighted by Crippen LogP contribution is 2.26. The molecule has 0 amide bonds. The summed E-state index contributed by atoms with van der Waals surface area (Å²) in [6.45, 7) is 2.52. The normalized spacial score (nSPS) is 11.9. The smallest absolute Gasteiger partial charge is 0.254 e. The highest BCUT2D eigenvalue weighted by atomic mass is 16.5. The quantitative estimate of drug-likeness (QED) is 0.419. The van der Waals surface area contributed by atoms with E-state index in [2.05, 4.69) is 27.5 Å². The predicted molar refractivity (Wildman–Crippen MR) is 120 cm³/mol. The van der Waals surface area contributed by atoms with Crippen LogP contribution in [0.25, 0.3) is 0 Å². The molecule has 0 aliphatic rings. The molecule has 2 N–H and O–H groups in total. The number of unbranched alkanes of at least 4 members (excludes halogenated alkanes) is 1. The average Bonchev–Trinajstić information content (AvgIpc) is 3.34. The second-order valence-electron chi connectivity index (χ2n) is 7.57. The van der Waals surface area contributed by atoms with Crippen LogP contribution in [0, 0.1) is 0 Å². The van der Waals surface area contributed by atoms with E-state index >= 15 is 0 Å². The van der Waals surface area contributed by atoms with Gasteiger partial charge in [0.2, 0.25) is 0 Å². The second kappa shape index (κ2) is 9.91. The van der Waals surface area contributed by atoms with Crippen LogP contribution in [0.3, 0.4) is 0 Å². The molecule has 0 fully saturated rings. The Bertz CT molecular complexity index is 1190. The van der Waals surface area contributed by atoms with Gasteiger partial charge in [-0.05, 0) is 47.0 Å². The number of tetrazole rings is 1. The standard InChI is InChI=1S/C24H25N5O3/c1-2-3-9-19-14-20(30)15-22(31)29(19)16-17-10-12-21(13-11-17)32-23(24-25-27-28-26-24)18-7-5-4-6-8-18/h4-8,10-15,23,30H,2-3,9,16H2,1H3,(H,25,26,27,28). The van der Waals surface area contributed by atoms with Gasteiger partial charge in [-0.2, -0.15) is 0 Å². The molecular formula is C24H25N5O3. The van der Waals surface area contributed by atoms with Gasteiger partial charge in [0.1, 0.15) is 11.5 Å². The fourth-order valence-electron chi connectivity index (χ4n) is 3.56. The number of rotatable bonds is 9. The highest BCUT2D eigenvalue weighted by Gasteiger charge is 2.20. The third kappa shape index (κ3) is 5.03. The molecule has 0 aliphatic heterocycles. The molecule has 8 heteroatoms. The number of hydrogen-bond acceptors (Lipinski definition) is 6. The first kappa shape index (κ1) is 21.3. The predicted octanol–water partition coefficient (Wildman–Crippen LogP) is 3.63. The average molecular weight is 431 g/mol. The maximum Gasteiger partial charge on any atom is 0.254 e. The number of hydrogen-bond donors (Lipinski definition) is 2. The maximum atomic E-state index is 12.5. The number of pyridine rings is 1. The van der Waals surface area contributed by atoms with Gasteiger partial charge in [0, 0.05) is 17.3 Å². The SMILES string of the molecule is CCCCc1cc(O)cc(=O)n1Cc1ccc(OC(c2ccccc2)c2nnn[nH]2)cc1. The van der Waals surface area contributed by atoms with Gasteiger partial charge in [0.15, 0.2) is 11.9 Å². The molecule has 1 unspecified atom stereocenters. The molecule has 1 atom stereocenters. The molecule has 2 heterocycles. The number of aromatic nitrogens is 5. The molecule has 164 valence electrons. The number of aromatic amines is 1. The molecule has 4 rings (SSSR count). The summed E-state index contributed by atoms with van der Waals surface area (Å²) in [6, 6.07) is 20.2. The van der Waals surface area contributed by atoms with Gasteiger partial charge < -0.3 is 14.4 Å². The minimum absolute atomic E-state index is 0.00922.